The third-order valence-electron chi connectivity index (χ3n) is 4.82. The smallest absolute Gasteiger partial charge is 0.248 e. The number of carbonyl (C=O) groups is 3. The minimum absolute atomic E-state index is 0. The van der Waals surface area contributed by atoms with Crippen LogP contribution < -0.4 is 4.90 Å². The van der Waals surface area contributed by atoms with Crippen LogP contribution in [-0.2, 0) is 20.8 Å². The molecule has 7 nitrogen and oxygen atoms in total. The second-order valence-corrected chi connectivity index (χ2v) is 8.24. The quantitative estimate of drug-likeness (QED) is 0.592. The lowest BCUT2D eigenvalue weighted by molar-refractivity contribution is -0.141. The molecule has 1 aliphatic heterocycles. The van der Waals surface area contributed by atoms with Gasteiger partial charge in [-0.3, -0.25) is 24.2 Å². The maximum atomic E-state index is 13.0. The molecule has 1 fully saturated rings. The highest BCUT2D eigenvalue weighted by atomic mass is 35.5. The van der Waals surface area contributed by atoms with Crippen LogP contribution in [0.2, 0.25) is 0 Å². The van der Waals surface area contributed by atoms with E-state index in [-0.39, 0.29) is 49.5 Å². The van der Waals surface area contributed by atoms with Gasteiger partial charge in [-0.05, 0) is 51.2 Å². The monoisotopic (exact) mass is 438 g/mol. The summed E-state index contributed by atoms with van der Waals surface area (Å²) in [6.07, 6.45) is 2.09. The van der Waals surface area contributed by atoms with Crippen molar-refractivity contribution < 1.29 is 14.4 Å². The number of halogens is 1. The first kappa shape index (κ1) is 23.3. The summed E-state index contributed by atoms with van der Waals surface area (Å²) >= 11 is 1.47. The Hall–Kier alpha value is -2.03. The lowest BCUT2D eigenvalue weighted by Gasteiger charge is -2.23. The van der Waals surface area contributed by atoms with E-state index in [4.69, 9.17) is 0 Å². The Labute approximate surface area is 181 Å². The van der Waals surface area contributed by atoms with Gasteiger partial charge in [0, 0.05) is 19.4 Å². The molecule has 0 atom stereocenters. The number of likely N-dealkylation sites (tertiary alicyclic amines) is 1. The molecule has 0 saturated carbocycles. The van der Waals surface area contributed by atoms with Crippen molar-refractivity contribution in [1.29, 1.82) is 0 Å². The zero-order valence-corrected chi connectivity index (χ0v) is 18.6. The third-order valence-corrected chi connectivity index (χ3v) is 5.86. The molecule has 0 unspecified atom stereocenters. The molecule has 1 aliphatic rings. The number of rotatable bonds is 8. The van der Waals surface area contributed by atoms with E-state index < -0.39 is 0 Å². The van der Waals surface area contributed by atoms with E-state index in [1.165, 1.54) is 16.9 Å². The molecule has 158 valence electrons. The number of hydrogen-bond acceptors (Lipinski definition) is 6. The molecule has 29 heavy (non-hydrogen) atoms. The van der Waals surface area contributed by atoms with E-state index >= 15 is 0 Å². The summed E-state index contributed by atoms with van der Waals surface area (Å²) in [5.74, 6) is -0.816. The minimum atomic E-state index is -0.275. The van der Waals surface area contributed by atoms with Crippen molar-refractivity contribution in [1.82, 2.24) is 14.8 Å². The first-order valence-corrected chi connectivity index (χ1v) is 10.4. The van der Waals surface area contributed by atoms with Crippen LogP contribution in [0, 0.1) is 0 Å². The highest BCUT2D eigenvalue weighted by molar-refractivity contribution is 7.22. The van der Waals surface area contributed by atoms with Crippen LogP contribution in [0.3, 0.4) is 0 Å². The summed E-state index contributed by atoms with van der Waals surface area (Å²) in [6, 6.07) is 6.13. The van der Waals surface area contributed by atoms with Crippen LogP contribution in [0.1, 0.15) is 31.7 Å². The second kappa shape index (κ2) is 10.1. The highest BCUT2D eigenvalue weighted by Gasteiger charge is 2.32. The number of amides is 3. The van der Waals surface area contributed by atoms with Gasteiger partial charge in [0.2, 0.25) is 17.7 Å². The molecule has 2 heterocycles. The molecule has 0 radical (unpaired) electrons. The van der Waals surface area contributed by atoms with Crippen molar-refractivity contribution in [3.8, 4) is 0 Å². The second-order valence-electron chi connectivity index (χ2n) is 7.23. The maximum Gasteiger partial charge on any atom is 0.248 e. The summed E-state index contributed by atoms with van der Waals surface area (Å²) in [6.45, 7) is 3.21. The summed E-state index contributed by atoms with van der Waals surface area (Å²) in [4.78, 5) is 46.2. The zero-order valence-electron chi connectivity index (χ0n) is 17.0. The van der Waals surface area contributed by atoms with E-state index in [2.05, 4.69) is 22.9 Å². The molecule has 1 saturated heterocycles. The fourth-order valence-corrected chi connectivity index (χ4v) is 4.26. The molecule has 3 rings (SSSR count). The van der Waals surface area contributed by atoms with Crippen LogP contribution in [0.4, 0.5) is 5.13 Å². The largest absolute Gasteiger partial charge is 0.309 e. The van der Waals surface area contributed by atoms with Crippen molar-refractivity contribution in [3.05, 3.63) is 23.8 Å². The summed E-state index contributed by atoms with van der Waals surface area (Å²) in [5, 5.41) is 0.617. The number of aromatic nitrogens is 1. The van der Waals surface area contributed by atoms with Gasteiger partial charge in [0.05, 0.1) is 10.2 Å². The number of hydrogen-bond donors (Lipinski definition) is 0. The van der Waals surface area contributed by atoms with Gasteiger partial charge >= 0.3 is 0 Å². The van der Waals surface area contributed by atoms with Gasteiger partial charge in [-0.1, -0.05) is 24.3 Å². The third kappa shape index (κ3) is 5.52. The predicted molar refractivity (Wildman–Crippen MR) is 118 cm³/mol. The minimum Gasteiger partial charge on any atom is -0.309 e. The Balaban J connectivity index is 0.00000300. The average molecular weight is 439 g/mol. The first-order valence-electron chi connectivity index (χ1n) is 9.56. The number of carbonyl (C=O) groups excluding carboxylic acids is 3. The predicted octanol–water partition coefficient (Wildman–Crippen LogP) is 2.71. The molecule has 3 amide bonds. The van der Waals surface area contributed by atoms with Gasteiger partial charge in [-0.25, -0.2) is 4.98 Å². The molecule has 9 heteroatoms. The van der Waals surface area contributed by atoms with E-state index in [1.807, 2.05) is 26.2 Å². The lowest BCUT2D eigenvalue weighted by atomic mass is 10.2. The Kier molecular flexibility index (Phi) is 8.13. The fraction of sp³-hybridized carbons (Fsp3) is 0.500. The molecule has 0 aliphatic carbocycles. The Morgan fingerprint density at radius 2 is 1.86 bits per heavy atom. The molecule has 2 aromatic rings. The molecule has 0 spiro atoms. The molecule has 0 bridgehead atoms. The van der Waals surface area contributed by atoms with Crippen LogP contribution >= 0.6 is 23.7 Å². The number of imide groups is 1. The molecule has 1 aromatic heterocycles. The van der Waals surface area contributed by atoms with Crippen LogP contribution in [0.25, 0.3) is 10.2 Å². The lowest BCUT2D eigenvalue weighted by Crippen LogP contribution is -2.43. The Morgan fingerprint density at radius 3 is 2.48 bits per heavy atom. The van der Waals surface area contributed by atoms with Crippen LogP contribution in [-0.4, -0.2) is 66.2 Å². The van der Waals surface area contributed by atoms with Crippen molar-refractivity contribution in [2.75, 3.05) is 38.6 Å². The topological polar surface area (TPSA) is 73.8 Å². The van der Waals surface area contributed by atoms with Crippen LogP contribution in [0.15, 0.2) is 18.2 Å². The Bertz CT molecular complexity index is 883. The van der Waals surface area contributed by atoms with Crippen molar-refractivity contribution in [2.24, 2.45) is 0 Å². The van der Waals surface area contributed by atoms with Crippen LogP contribution in [0.5, 0.6) is 0 Å². The van der Waals surface area contributed by atoms with E-state index in [9.17, 15) is 14.4 Å². The fourth-order valence-electron chi connectivity index (χ4n) is 3.18. The van der Waals surface area contributed by atoms with Gasteiger partial charge in [-0.15, -0.1) is 12.4 Å². The number of fused-ring (bicyclic) bond motifs is 1. The average Bonchev–Trinajstić information content (AvgIpc) is 3.22. The van der Waals surface area contributed by atoms with Gasteiger partial charge in [0.15, 0.2) is 5.13 Å². The SMILES string of the molecule is CCc1ccc2nc(N(CCCN(C)C)C(=O)CN3C(=O)CCC3=O)sc2c1.Cl. The maximum absolute atomic E-state index is 13.0. The number of anilines is 1. The number of thiazole rings is 1. The summed E-state index contributed by atoms with van der Waals surface area (Å²) in [5.41, 5.74) is 2.08. The zero-order chi connectivity index (χ0) is 20.3. The number of aryl methyl sites for hydroxylation is 1. The number of benzene rings is 1. The Morgan fingerprint density at radius 1 is 1.17 bits per heavy atom. The van der Waals surface area contributed by atoms with Gasteiger partial charge < -0.3 is 4.90 Å². The normalized spacial score (nSPS) is 14.0. The van der Waals surface area contributed by atoms with Crippen molar-refractivity contribution in [2.45, 2.75) is 32.6 Å². The van der Waals surface area contributed by atoms with Crippen molar-refractivity contribution >= 4 is 56.8 Å². The van der Waals surface area contributed by atoms with E-state index in [0.717, 1.165) is 34.5 Å². The number of nitrogens with zero attached hydrogens (tertiary/aromatic N) is 4. The molecular weight excluding hydrogens is 412 g/mol. The van der Waals surface area contributed by atoms with Gasteiger partial charge in [0.25, 0.3) is 0 Å². The first-order chi connectivity index (χ1) is 13.4. The highest BCUT2D eigenvalue weighted by Crippen LogP contribution is 2.30. The van der Waals surface area contributed by atoms with Crippen molar-refractivity contribution in [3.63, 3.8) is 0 Å². The molecule has 0 N–H and O–H groups in total. The molecular formula is C20H27ClN4O3S. The van der Waals surface area contributed by atoms with Gasteiger partial charge in [0.1, 0.15) is 6.54 Å². The molecule has 1 aromatic carbocycles. The summed E-state index contributed by atoms with van der Waals surface area (Å²) in [7, 11) is 3.97. The van der Waals surface area contributed by atoms with Gasteiger partial charge in [-0.2, -0.15) is 0 Å². The summed E-state index contributed by atoms with van der Waals surface area (Å²) < 4.78 is 1.04. The van der Waals surface area contributed by atoms with E-state index in [1.54, 1.807) is 4.90 Å². The standard InChI is InChI=1S/C20H26N4O3S.ClH/c1-4-14-6-7-15-16(12-14)28-20(21-15)23(11-5-10-22(2)3)19(27)13-24-17(25)8-9-18(24)26;/h6-7,12H,4-5,8-11,13H2,1-3H3;1H. The van der Waals surface area contributed by atoms with E-state index in [0.29, 0.717) is 11.7 Å².